The molecular weight excluding hydrogens is 532 g/mol. The molecule has 3 saturated heterocycles. The summed E-state index contributed by atoms with van der Waals surface area (Å²) >= 11 is 0. The molecule has 3 heterocycles. The van der Waals surface area contributed by atoms with E-state index in [-0.39, 0.29) is 32.5 Å². The van der Waals surface area contributed by atoms with Crippen LogP contribution in [0.4, 0.5) is 9.59 Å². The topological polar surface area (TPSA) is 111 Å². The number of rotatable bonds is 13. The molecule has 3 unspecified atom stereocenters. The minimum atomic E-state index is -0.669. The van der Waals surface area contributed by atoms with Crippen LogP contribution in [0.5, 0.6) is 17.2 Å². The monoisotopic (exact) mass is 562 g/mol. The fourth-order valence-electron chi connectivity index (χ4n) is 4.50. The highest BCUT2D eigenvalue weighted by Gasteiger charge is 2.27. The molecule has 0 amide bonds. The summed E-state index contributed by atoms with van der Waals surface area (Å²) in [6.45, 7) is 2.15. The molecule has 0 N–H and O–H groups in total. The second kappa shape index (κ2) is 12.4. The van der Waals surface area contributed by atoms with Crippen molar-refractivity contribution in [2.24, 2.45) is 0 Å². The highest BCUT2D eigenvalue weighted by molar-refractivity contribution is 5.62. The van der Waals surface area contributed by atoms with Crippen LogP contribution in [0, 0.1) is 0 Å². The Morgan fingerprint density at radius 2 is 1.10 bits per heavy atom. The lowest BCUT2D eigenvalue weighted by molar-refractivity contribution is 0.0975. The van der Waals surface area contributed by atoms with Crippen molar-refractivity contribution >= 4 is 12.3 Å². The SMILES string of the molecule is O=C1OCC(COc2ccc(Cc3ccc(OCC4COC(=O)O4)c(Cc4ccc(OCC5CO5)cc4)c3)cc2)O1. The van der Waals surface area contributed by atoms with Crippen LogP contribution in [-0.2, 0) is 36.5 Å². The van der Waals surface area contributed by atoms with Crippen LogP contribution in [0.2, 0.25) is 0 Å². The van der Waals surface area contributed by atoms with E-state index in [1.807, 2.05) is 60.7 Å². The van der Waals surface area contributed by atoms with E-state index in [9.17, 15) is 9.59 Å². The minimum Gasteiger partial charge on any atom is -0.491 e. The number of cyclic esters (lactones) is 4. The molecule has 3 fully saturated rings. The Kier molecular flexibility index (Phi) is 8.09. The van der Waals surface area contributed by atoms with E-state index in [1.54, 1.807) is 0 Å². The normalized spacial score (nSPS) is 20.9. The number of hydrogen-bond donors (Lipinski definition) is 0. The summed E-state index contributed by atoms with van der Waals surface area (Å²) < 4.78 is 42.5. The average Bonchev–Trinajstić information content (AvgIpc) is 3.58. The van der Waals surface area contributed by atoms with Gasteiger partial charge in [-0.05, 0) is 59.0 Å². The quantitative estimate of drug-likeness (QED) is 0.218. The molecule has 0 aromatic heterocycles. The molecule has 3 atom stereocenters. The van der Waals surface area contributed by atoms with E-state index in [0.717, 1.165) is 40.4 Å². The molecule has 3 aromatic carbocycles. The van der Waals surface area contributed by atoms with E-state index < -0.39 is 24.5 Å². The van der Waals surface area contributed by atoms with Gasteiger partial charge in [0, 0.05) is 6.42 Å². The first kappa shape index (κ1) is 26.8. The van der Waals surface area contributed by atoms with Crippen LogP contribution in [0.3, 0.4) is 0 Å². The maximum atomic E-state index is 11.3. The van der Waals surface area contributed by atoms with Crippen molar-refractivity contribution in [3.8, 4) is 17.2 Å². The standard InChI is InChI=1S/C31H30O10/c32-30-38-18-27(40-30)16-35-25-6-1-20(2-7-25)11-22-5-10-29(37-17-28-19-39-31(33)41-28)23(13-22)12-21-3-8-24(9-4-21)34-14-26-15-36-26/h1-10,13,26-28H,11-12,14-19H2. The number of hydrogen-bond acceptors (Lipinski definition) is 10. The molecule has 41 heavy (non-hydrogen) atoms. The fraction of sp³-hybridized carbons (Fsp3) is 0.355. The molecule has 10 nitrogen and oxygen atoms in total. The van der Waals surface area contributed by atoms with Gasteiger partial charge in [0.1, 0.15) is 56.4 Å². The molecular formula is C31H30O10. The molecule has 0 aliphatic carbocycles. The van der Waals surface area contributed by atoms with Gasteiger partial charge in [0.15, 0.2) is 12.2 Å². The lowest BCUT2D eigenvalue weighted by Gasteiger charge is -2.16. The van der Waals surface area contributed by atoms with Crippen molar-refractivity contribution in [3.05, 3.63) is 89.0 Å². The van der Waals surface area contributed by atoms with E-state index in [0.29, 0.717) is 25.2 Å². The van der Waals surface area contributed by atoms with Gasteiger partial charge in [-0.25, -0.2) is 9.59 Å². The highest BCUT2D eigenvalue weighted by atomic mass is 16.8. The van der Waals surface area contributed by atoms with Gasteiger partial charge < -0.3 is 37.9 Å². The van der Waals surface area contributed by atoms with Gasteiger partial charge in [-0.15, -0.1) is 0 Å². The zero-order chi connectivity index (χ0) is 28.0. The van der Waals surface area contributed by atoms with Crippen LogP contribution < -0.4 is 14.2 Å². The first-order chi connectivity index (χ1) is 20.1. The summed E-state index contributed by atoms with van der Waals surface area (Å²) in [7, 11) is 0. The summed E-state index contributed by atoms with van der Waals surface area (Å²) in [5.74, 6) is 2.22. The Labute approximate surface area is 237 Å². The Bertz CT molecular complexity index is 1350. The number of ether oxygens (including phenoxy) is 8. The van der Waals surface area contributed by atoms with E-state index >= 15 is 0 Å². The molecule has 3 aliphatic rings. The van der Waals surface area contributed by atoms with E-state index in [1.165, 1.54) is 0 Å². The maximum absolute atomic E-state index is 11.3. The second-order valence-corrected chi connectivity index (χ2v) is 10.1. The molecule has 3 aliphatic heterocycles. The molecule has 6 rings (SSSR count). The molecule has 214 valence electrons. The van der Waals surface area contributed by atoms with Crippen LogP contribution in [0.25, 0.3) is 0 Å². The summed E-state index contributed by atoms with van der Waals surface area (Å²) in [4.78, 5) is 22.3. The third-order valence-corrected chi connectivity index (χ3v) is 6.77. The first-order valence-electron chi connectivity index (χ1n) is 13.5. The van der Waals surface area contributed by atoms with Crippen LogP contribution >= 0.6 is 0 Å². The molecule has 10 heteroatoms. The summed E-state index contributed by atoms with van der Waals surface area (Å²) in [6.07, 6.45) is -0.585. The number of carbonyl (C=O) groups excluding carboxylic acids is 2. The Balaban J connectivity index is 1.11. The maximum Gasteiger partial charge on any atom is 0.508 e. The van der Waals surface area contributed by atoms with Gasteiger partial charge >= 0.3 is 12.3 Å². The van der Waals surface area contributed by atoms with Gasteiger partial charge in [-0.3, -0.25) is 0 Å². The van der Waals surface area contributed by atoms with Crippen molar-refractivity contribution in [1.29, 1.82) is 0 Å². The summed E-state index contributed by atoms with van der Waals surface area (Å²) in [5.41, 5.74) is 4.36. The number of epoxide rings is 1. The summed E-state index contributed by atoms with van der Waals surface area (Å²) in [5, 5.41) is 0. The number of carbonyl (C=O) groups is 2. The Morgan fingerprint density at radius 3 is 1.63 bits per heavy atom. The smallest absolute Gasteiger partial charge is 0.491 e. The van der Waals surface area contributed by atoms with E-state index in [2.05, 4.69) is 6.07 Å². The minimum absolute atomic E-state index is 0.179. The third-order valence-electron chi connectivity index (χ3n) is 6.77. The lowest BCUT2D eigenvalue weighted by atomic mass is 9.98. The van der Waals surface area contributed by atoms with Crippen LogP contribution in [0.1, 0.15) is 22.3 Å². The fourth-order valence-corrected chi connectivity index (χ4v) is 4.50. The first-order valence-corrected chi connectivity index (χ1v) is 13.5. The molecule has 3 aromatic rings. The molecule has 0 radical (unpaired) electrons. The van der Waals surface area contributed by atoms with Crippen molar-refractivity contribution in [2.75, 3.05) is 39.6 Å². The van der Waals surface area contributed by atoms with Crippen LogP contribution in [0.15, 0.2) is 66.7 Å². The second-order valence-electron chi connectivity index (χ2n) is 10.1. The summed E-state index contributed by atoms with van der Waals surface area (Å²) in [6, 6.07) is 22.0. The zero-order valence-electron chi connectivity index (χ0n) is 22.3. The lowest BCUT2D eigenvalue weighted by Crippen LogP contribution is -2.20. The van der Waals surface area contributed by atoms with Gasteiger partial charge in [0.2, 0.25) is 0 Å². The molecule has 0 saturated carbocycles. The van der Waals surface area contributed by atoms with Crippen molar-refractivity contribution in [3.63, 3.8) is 0 Å². The van der Waals surface area contributed by atoms with Gasteiger partial charge in [-0.1, -0.05) is 36.4 Å². The van der Waals surface area contributed by atoms with Crippen LogP contribution in [-0.4, -0.2) is 70.3 Å². The predicted molar refractivity (Wildman–Crippen MR) is 144 cm³/mol. The predicted octanol–water partition coefficient (Wildman–Crippen LogP) is 4.47. The zero-order valence-corrected chi connectivity index (χ0v) is 22.3. The molecule has 0 bridgehead atoms. The Morgan fingerprint density at radius 1 is 0.585 bits per heavy atom. The highest BCUT2D eigenvalue weighted by Crippen LogP contribution is 2.27. The number of benzene rings is 3. The van der Waals surface area contributed by atoms with Gasteiger partial charge in [-0.2, -0.15) is 0 Å². The Hall–Kier alpha value is -4.44. The van der Waals surface area contributed by atoms with Crippen molar-refractivity contribution < 1.29 is 47.5 Å². The average molecular weight is 563 g/mol. The van der Waals surface area contributed by atoms with E-state index in [4.69, 9.17) is 37.9 Å². The van der Waals surface area contributed by atoms with Crippen molar-refractivity contribution in [1.82, 2.24) is 0 Å². The third kappa shape index (κ3) is 7.61. The van der Waals surface area contributed by atoms with Crippen molar-refractivity contribution in [2.45, 2.75) is 31.2 Å². The van der Waals surface area contributed by atoms with Gasteiger partial charge in [0.05, 0.1) is 6.61 Å². The molecule has 0 spiro atoms. The largest absolute Gasteiger partial charge is 0.508 e. The van der Waals surface area contributed by atoms with Gasteiger partial charge in [0.25, 0.3) is 0 Å².